The molecule has 0 unspecified atom stereocenters. The lowest BCUT2D eigenvalue weighted by molar-refractivity contribution is -0.139. The summed E-state index contributed by atoms with van der Waals surface area (Å²) < 4.78 is 19.5. The van der Waals surface area contributed by atoms with E-state index in [1.54, 1.807) is 24.5 Å². The van der Waals surface area contributed by atoms with Gasteiger partial charge >= 0.3 is 5.97 Å². The number of esters is 1. The predicted octanol–water partition coefficient (Wildman–Crippen LogP) is 4.85. The fourth-order valence-corrected chi connectivity index (χ4v) is 5.50. The average Bonchev–Trinajstić information content (AvgIpc) is 3.48. The summed E-state index contributed by atoms with van der Waals surface area (Å²) in [5.41, 5.74) is 2.19. The zero-order chi connectivity index (χ0) is 26.8. The molecule has 38 heavy (non-hydrogen) atoms. The molecule has 2 aromatic carbocycles. The van der Waals surface area contributed by atoms with E-state index in [2.05, 4.69) is 4.99 Å². The number of hydrogen-bond donors (Lipinski definition) is 0. The molecule has 0 N–H and O–H groups in total. The van der Waals surface area contributed by atoms with E-state index >= 15 is 0 Å². The van der Waals surface area contributed by atoms with Crippen LogP contribution < -0.4 is 19.6 Å². The van der Waals surface area contributed by atoms with Gasteiger partial charge in [0.1, 0.15) is 23.3 Å². The monoisotopic (exact) mass is 528 g/mol. The smallest absolute Gasteiger partial charge is 0.338 e. The van der Waals surface area contributed by atoms with Gasteiger partial charge in [-0.3, -0.25) is 9.36 Å². The Morgan fingerprint density at radius 1 is 1.11 bits per heavy atom. The number of para-hydroxylation sites is 1. The molecule has 0 radical (unpaired) electrons. The SMILES string of the molecule is CCOC(=O)C1=C(C)N=c2s/c(=C\c3ccc(-c4ccccc4)o3)c(=O)n2[C@@H]1c1ccccc1OC(C)C. The molecular formula is C30H28N2O5S. The fraction of sp³-hybridized carbons (Fsp3) is 0.233. The number of fused-ring (bicyclic) bond motifs is 1. The van der Waals surface area contributed by atoms with E-state index < -0.39 is 12.0 Å². The predicted molar refractivity (Wildman–Crippen MR) is 147 cm³/mol. The number of rotatable bonds is 7. The number of ether oxygens (including phenoxy) is 2. The highest BCUT2D eigenvalue weighted by atomic mass is 32.1. The molecule has 0 fully saturated rings. The van der Waals surface area contributed by atoms with Gasteiger partial charge in [0.25, 0.3) is 5.56 Å². The van der Waals surface area contributed by atoms with Crippen LogP contribution >= 0.6 is 11.3 Å². The van der Waals surface area contributed by atoms with Gasteiger partial charge in [-0.2, -0.15) is 0 Å². The molecule has 0 saturated heterocycles. The first-order valence-corrected chi connectivity index (χ1v) is 13.3. The minimum Gasteiger partial charge on any atom is -0.491 e. The van der Waals surface area contributed by atoms with Gasteiger partial charge in [-0.1, -0.05) is 59.9 Å². The Kier molecular flexibility index (Phi) is 7.15. The van der Waals surface area contributed by atoms with Crippen LogP contribution in [0.2, 0.25) is 0 Å². The first-order valence-electron chi connectivity index (χ1n) is 12.5. The van der Waals surface area contributed by atoms with Gasteiger partial charge in [-0.15, -0.1) is 0 Å². The third-order valence-corrected chi connectivity index (χ3v) is 7.03. The second kappa shape index (κ2) is 10.7. The molecule has 194 valence electrons. The Morgan fingerprint density at radius 2 is 1.84 bits per heavy atom. The van der Waals surface area contributed by atoms with Crippen LogP contribution in [0.5, 0.6) is 5.75 Å². The number of aromatic nitrogens is 1. The van der Waals surface area contributed by atoms with Crippen LogP contribution in [0.15, 0.2) is 92.2 Å². The van der Waals surface area contributed by atoms with Crippen LogP contribution in [-0.4, -0.2) is 23.2 Å². The standard InChI is InChI=1S/C30H28N2O5S/c1-5-35-29(34)26-19(4)31-30-32(27(26)22-13-9-10-14-24(22)36-18(2)3)28(33)25(38-30)17-21-15-16-23(37-21)20-11-7-6-8-12-20/h6-18,27H,5H2,1-4H3/b25-17-/t27-/m1/s1. The zero-order valence-corrected chi connectivity index (χ0v) is 22.5. The first-order chi connectivity index (χ1) is 18.4. The molecule has 2 aromatic heterocycles. The molecule has 7 nitrogen and oxygen atoms in total. The lowest BCUT2D eigenvalue weighted by Gasteiger charge is -2.26. The summed E-state index contributed by atoms with van der Waals surface area (Å²) in [6, 6.07) is 20.2. The first kappa shape index (κ1) is 25.5. The average molecular weight is 529 g/mol. The van der Waals surface area contributed by atoms with E-state index in [1.165, 1.54) is 11.3 Å². The van der Waals surface area contributed by atoms with Crippen LogP contribution in [0.4, 0.5) is 0 Å². The van der Waals surface area contributed by atoms with E-state index in [4.69, 9.17) is 13.9 Å². The topological polar surface area (TPSA) is 83.0 Å². The van der Waals surface area contributed by atoms with E-state index in [0.29, 0.717) is 43.4 Å². The summed E-state index contributed by atoms with van der Waals surface area (Å²) in [7, 11) is 0. The Bertz CT molecular complexity index is 1690. The third kappa shape index (κ3) is 4.87. The summed E-state index contributed by atoms with van der Waals surface area (Å²) in [6.07, 6.45) is 1.62. The highest BCUT2D eigenvalue weighted by Gasteiger charge is 2.35. The highest BCUT2D eigenvalue weighted by molar-refractivity contribution is 7.07. The Labute approximate surface area is 224 Å². The van der Waals surface area contributed by atoms with Crippen molar-refractivity contribution in [3.05, 3.63) is 109 Å². The van der Waals surface area contributed by atoms with Gasteiger partial charge in [-0.25, -0.2) is 9.79 Å². The molecule has 0 aliphatic carbocycles. The number of hydrogen-bond acceptors (Lipinski definition) is 7. The molecule has 4 aromatic rings. The molecule has 1 aliphatic rings. The van der Waals surface area contributed by atoms with Crippen molar-refractivity contribution in [3.63, 3.8) is 0 Å². The lowest BCUT2D eigenvalue weighted by Crippen LogP contribution is -2.40. The number of allylic oxidation sites excluding steroid dienone is 1. The maximum Gasteiger partial charge on any atom is 0.338 e. The van der Waals surface area contributed by atoms with Crippen molar-refractivity contribution in [2.24, 2.45) is 4.99 Å². The van der Waals surface area contributed by atoms with Gasteiger partial charge in [-0.05, 0) is 45.9 Å². The van der Waals surface area contributed by atoms with E-state index in [0.717, 1.165) is 5.56 Å². The van der Waals surface area contributed by atoms with Gasteiger partial charge in [0.2, 0.25) is 0 Å². The maximum atomic E-state index is 13.9. The summed E-state index contributed by atoms with van der Waals surface area (Å²) in [5, 5.41) is 0. The molecule has 0 amide bonds. The van der Waals surface area contributed by atoms with E-state index in [1.807, 2.05) is 80.6 Å². The van der Waals surface area contributed by atoms with Crippen molar-refractivity contribution in [2.45, 2.75) is 39.8 Å². The quantitative estimate of drug-likeness (QED) is 0.321. The number of nitrogens with zero attached hydrogens (tertiary/aromatic N) is 2. The zero-order valence-electron chi connectivity index (χ0n) is 21.6. The second-order valence-electron chi connectivity index (χ2n) is 9.07. The van der Waals surface area contributed by atoms with Crippen molar-refractivity contribution >= 4 is 23.4 Å². The molecule has 1 aliphatic heterocycles. The minimum absolute atomic E-state index is 0.0964. The van der Waals surface area contributed by atoms with Gasteiger partial charge in [0.05, 0.1) is 28.5 Å². The Hall–Kier alpha value is -4.17. The molecule has 5 rings (SSSR count). The normalized spacial score (nSPS) is 15.4. The van der Waals surface area contributed by atoms with Crippen molar-refractivity contribution in [1.29, 1.82) is 0 Å². The molecule has 0 bridgehead atoms. The van der Waals surface area contributed by atoms with E-state index in [9.17, 15) is 9.59 Å². The number of carbonyl (C=O) groups is 1. The van der Waals surface area contributed by atoms with E-state index in [-0.39, 0.29) is 18.3 Å². The molecular weight excluding hydrogens is 500 g/mol. The number of benzene rings is 2. The van der Waals surface area contributed by atoms with Crippen LogP contribution in [0, 0.1) is 0 Å². The van der Waals surface area contributed by atoms with Crippen LogP contribution in [0.3, 0.4) is 0 Å². The van der Waals surface area contributed by atoms with Crippen LogP contribution in [0.1, 0.15) is 45.1 Å². The summed E-state index contributed by atoms with van der Waals surface area (Å²) in [5.74, 6) is 1.35. The Morgan fingerprint density at radius 3 is 2.58 bits per heavy atom. The van der Waals surface area contributed by atoms with Crippen molar-refractivity contribution in [1.82, 2.24) is 4.57 Å². The Balaban J connectivity index is 1.68. The number of carbonyl (C=O) groups excluding carboxylic acids is 1. The largest absolute Gasteiger partial charge is 0.491 e. The van der Waals surface area contributed by atoms with Gasteiger partial charge in [0, 0.05) is 17.2 Å². The molecule has 0 spiro atoms. The van der Waals surface area contributed by atoms with Crippen molar-refractivity contribution in [2.75, 3.05) is 6.61 Å². The molecule has 3 heterocycles. The second-order valence-corrected chi connectivity index (χ2v) is 10.1. The fourth-order valence-electron chi connectivity index (χ4n) is 4.47. The summed E-state index contributed by atoms with van der Waals surface area (Å²) >= 11 is 1.25. The molecule has 1 atom stereocenters. The summed E-state index contributed by atoms with van der Waals surface area (Å²) in [6.45, 7) is 7.59. The molecule has 0 saturated carbocycles. The third-order valence-electron chi connectivity index (χ3n) is 6.05. The molecule has 8 heteroatoms. The van der Waals surface area contributed by atoms with Crippen LogP contribution in [-0.2, 0) is 9.53 Å². The minimum atomic E-state index is -0.751. The number of furan rings is 1. The highest BCUT2D eigenvalue weighted by Crippen LogP contribution is 2.36. The summed E-state index contributed by atoms with van der Waals surface area (Å²) in [4.78, 5) is 32.2. The van der Waals surface area contributed by atoms with Crippen molar-refractivity contribution < 1.29 is 18.7 Å². The van der Waals surface area contributed by atoms with Crippen molar-refractivity contribution in [3.8, 4) is 17.1 Å². The van der Waals surface area contributed by atoms with Crippen LogP contribution in [0.25, 0.3) is 17.4 Å². The lowest BCUT2D eigenvalue weighted by atomic mass is 9.95. The number of thiazole rings is 1. The van der Waals surface area contributed by atoms with Gasteiger partial charge < -0.3 is 13.9 Å². The van der Waals surface area contributed by atoms with Gasteiger partial charge in [0.15, 0.2) is 4.80 Å². The maximum absolute atomic E-state index is 13.9.